The van der Waals surface area contributed by atoms with E-state index in [9.17, 15) is 28.0 Å². The first-order valence-electron chi connectivity index (χ1n) is 19.2. The lowest BCUT2D eigenvalue weighted by Gasteiger charge is -2.23. The average Bonchev–Trinajstić information content (AvgIpc) is 3.14. The molecule has 0 aromatic heterocycles. The molecule has 0 saturated heterocycles. The van der Waals surface area contributed by atoms with Gasteiger partial charge in [-0.2, -0.15) is 8.42 Å². The van der Waals surface area contributed by atoms with Crippen LogP contribution in [-0.4, -0.2) is 42.7 Å². The maximum absolute atomic E-state index is 13.8. The molecule has 4 rings (SSSR count). The lowest BCUT2D eigenvalue weighted by atomic mass is 10.0. The third-order valence-corrected chi connectivity index (χ3v) is 10.5. The minimum absolute atomic E-state index is 0.0627. The van der Waals surface area contributed by atoms with Gasteiger partial charge in [0.15, 0.2) is 0 Å². The number of hydrogen-bond donors (Lipinski definition) is 4. The molecule has 53 heavy (non-hydrogen) atoms. The Labute approximate surface area is 315 Å². The Balaban J connectivity index is 1.35. The summed E-state index contributed by atoms with van der Waals surface area (Å²) in [4.78, 5) is 15.4. The maximum Gasteiger partial charge on any atom is 0.294 e. The minimum Gasteiger partial charge on any atom is -0.506 e. The monoisotopic (exact) mass is 744 g/mol. The van der Waals surface area contributed by atoms with Crippen LogP contribution < -0.4 is 10.2 Å². The highest BCUT2D eigenvalue weighted by Gasteiger charge is 2.21. The van der Waals surface area contributed by atoms with E-state index >= 15 is 0 Å². The van der Waals surface area contributed by atoms with Crippen LogP contribution in [0.2, 0.25) is 0 Å². The van der Waals surface area contributed by atoms with Crippen LogP contribution in [0.5, 0.6) is 11.5 Å². The van der Waals surface area contributed by atoms with Crippen molar-refractivity contribution in [3.63, 3.8) is 0 Å². The molecule has 0 aliphatic heterocycles. The number of phenols is 2. The van der Waals surface area contributed by atoms with Gasteiger partial charge in [-0.3, -0.25) is 9.35 Å². The number of amides is 1. The molecule has 1 amide bonds. The topological polar surface area (TPSA) is 152 Å². The quantitative estimate of drug-likeness (QED) is 0.0335. The van der Waals surface area contributed by atoms with Gasteiger partial charge < -0.3 is 20.4 Å². The highest BCUT2D eigenvalue weighted by Crippen LogP contribution is 2.39. The number of rotatable bonds is 23. The number of aromatic hydroxyl groups is 2. The Morgan fingerprint density at radius 2 is 1.21 bits per heavy atom. The zero-order valence-electron chi connectivity index (χ0n) is 31.3. The minimum atomic E-state index is -4.56. The Morgan fingerprint density at radius 1 is 0.679 bits per heavy atom. The van der Waals surface area contributed by atoms with Gasteiger partial charge in [0.2, 0.25) is 0 Å². The highest BCUT2D eigenvalue weighted by atomic mass is 32.2. The number of fused-ring (bicyclic) bond motifs is 1. The fourth-order valence-electron chi connectivity index (χ4n) is 6.57. The van der Waals surface area contributed by atoms with Gasteiger partial charge in [0.1, 0.15) is 17.2 Å². The van der Waals surface area contributed by atoms with Gasteiger partial charge in [0.25, 0.3) is 16.0 Å². The predicted molar refractivity (Wildman–Crippen MR) is 215 cm³/mol. The second-order valence-electron chi connectivity index (χ2n) is 13.9. The number of azo groups is 1. The van der Waals surface area contributed by atoms with Crippen molar-refractivity contribution in [3.8, 4) is 11.5 Å². The molecule has 10 nitrogen and oxygen atoms in total. The van der Waals surface area contributed by atoms with Crippen molar-refractivity contribution in [3.05, 3.63) is 78.4 Å². The third kappa shape index (κ3) is 12.9. The lowest BCUT2D eigenvalue weighted by Crippen LogP contribution is -2.22. The molecule has 0 fully saturated rings. The molecule has 0 heterocycles. The SMILES string of the molecule is CCCCCCCCCCCCCCCCCCN(C)c1ccc(S(=O)(=O)O)cc1NC(=O)c1cc(N=Nc2ccccc2O)c2ccccc2c1O. The first kappa shape index (κ1) is 41.3. The summed E-state index contributed by atoms with van der Waals surface area (Å²) in [5, 5.41) is 33.5. The first-order valence-corrected chi connectivity index (χ1v) is 20.6. The van der Waals surface area contributed by atoms with Crippen molar-refractivity contribution >= 4 is 49.5 Å². The molecular formula is C42H56N4O6S. The molecule has 4 aromatic rings. The third-order valence-electron chi connectivity index (χ3n) is 9.66. The Kier molecular flexibility index (Phi) is 16.6. The molecule has 0 radical (unpaired) electrons. The fraction of sp³-hybridized carbons (Fsp3) is 0.452. The number of phenolic OH excluding ortho intramolecular Hbond substituents is 2. The van der Waals surface area contributed by atoms with E-state index in [0.717, 1.165) is 19.3 Å². The van der Waals surface area contributed by atoms with Crippen LogP contribution in [0.15, 0.2) is 87.9 Å². The number of para-hydroxylation sites is 1. The van der Waals surface area contributed by atoms with Crippen LogP contribution >= 0.6 is 0 Å². The number of unbranched alkanes of at least 4 members (excludes halogenated alkanes) is 15. The largest absolute Gasteiger partial charge is 0.506 e. The van der Waals surface area contributed by atoms with E-state index in [2.05, 4.69) is 22.5 Å². The first-order chi connectivity index (χ1) is 25.6. The van der Waals surface area contributed by atoms with E-state index in [1.807, 2.05) is 11.9 Å². The van der Waals surface area contributed by atoms with Gasteiger partial charge in [0.05, 0.1) is 27.5 Å². The molecular weight excluding hydrogens is 689 g/mol. The number of carbonyl (C=O) groups is 1. The second kappa shape index (κ2) is 21.3. The molecule has 4 aromatic carbocycles. The molecule has 0 atom stereocenters. The lowest BCUT2D eigenvalue weighted by molar-refractivity contribution is 0.102. The molecule has 0 unspecified atom stereocenters. The molecule has 0 aliphatic carbocycles. The van der Waals surface area contributed by atoms with Crippen molar-refractivity contribution in [2.45, 2.75) is 115 Å². The number of nitrogens with one attached hydrogen (secondary N) is 1. The summed E-state index contributed by atoms with van der Waals surface area (Å²) >= 11 is 0. The van der Waals surface area contributed by atoms with Crippen molar-refractivity contribution < 1.29 is 28.0 Å². The fourth-order valence-corrected chi connectivity index (χ4v) is 7.08. The molecule has 0 bridgehead atoms. The predicted octanol–water partition coefficient (Wildman–Crippen LogP) is 11.9. The van der Waals surface area contributed by atoms with Crippen LogP contribution in [-0.2, 0) is 10.1 Å². The van der Waals surface area contributed by atoms with Crippen molar-refractivity contribution in [2.75, 3.05) is 23.8 Å². The summed E-state index contributed by atoms with van der Waals surface area (Å²) in [5.41, 5.74) is 1.12. The van der Waals surface area contributed by atoms with Gasteiger partial charge in [0, 0.05) is 24.4 Å². The van der Waals surface area contributed by atoms with Crippen LogP contribution in [0, 0.1) is 0 Å². The van der Waals surface area contributed by atoms with Crippen LogP contribution in [0.25, 0.3) is 10.8 Å². The highest BCUT2D eigenvalue weighted by molar-refractivity contribution is 7.85. The van der Waals surface area contributed by atoms with Crippen molar-refractivity contribution in [2.24, 2.45) is 10.2 Å². The van der Waals surface area contributed by atoms with Crippen LogP contribution in [0.1, 0.15) is 120 Å². The van der Waals surface area contributed by atoms with E-state index < -0.39 is 16.0 Å². The number of nitrogens with zero attached hydrogens (tertiary/aromatic N) is 3. The number of benzene rings is 4. The standard InChI is InChI=1S/C42H56N4O6S/c1-3-4-5-6-7-8-9-10-11-12-13-14-15-16-17-22-29-46(2)39-28-27-32(53(50,51)52)30-38(39)43-42(49)35-31-37(33-23-18-19-24-34(33)41(35)48)45-44-36-25-20-21-26-40(36)47/h18-21,23-28,30-31,47-48H,3-17,22,29H2,1-2H3,(H,43,49)(H,50,51,52). The summed E-state index contributed by atoms with van der Waals surface area (Å²) in [6, 6.07) is 18.8. The Bertz CT molecular complexity index is 1910. The number of anilines is 2. The Hall–Kier alpha value is -4.48. The van der Waals surface area contributed by atoms with Gasteiger partial charge in [-0.25, -0.2) is 0 Å². The average molecular weight is 745 g/mol. The summed E-state index contributed by atoms with van der Waals surface area (Å²) in [7, 11) is -2.69. The molecule has 11 heteroatoms. The molecule has 4 N–H and O–H groups in total. The number of carbonyl (C=O) groups excluding carboxylic acids is 1. The van der Waals surface area contributed by atoms with Crippen molar-refractivity contribution in [1.82, 2.24) is 0 Å². The van der Waals surface area contributed by atoms with E-state index in [0.29, 0.717) is 23.0 Å². The zero-order valence-corrected chi connectivity index (χ0v) is 32.1. The molecule has 0 aliphatic rings. The van der Waals surface area contributed by atoms with E-state index in [-0.39, 0.29) is 39.0 Å². The van der Waals surface area contributed by atoms with Gasteiger partial charge >= 0.3 is 0 Å². The normalized spacial score (nSPS) is 11.8. The smallest absolute Gasteiger partial charge is 0.294 e. The van der Waals surface area contributed by atoms with Crippen LogP contribution in [0.3, 0.4) is 0 Å². The van der Waals surface area contributed by atoms with E-state index in [1.165, 1.54) is 108 Å². The second-order valence-corrected chi connectivity index (χ2v) is 15.3. The summed E-state index contributed by atoms with van der Waals surface area (Å²) in [6.45, 7) is 2.93. The van der Waals surface area contributed by atoms with Gasteiger partial charge in [-0.1, -0.05) is 140 Å². The Morgan fingerprint density at radius 3 is 1.79 bits per heavy atom. The number of hydrogen-bond acceptors (Lipinski definition) is 8. The van der Waals surface area contributed by atoms with Gasteiger partial charge in [-0.15, -0.1) is 10.2 Å². The van der Waals surface area contributed by atoms with Gasteiger partial charge in [-0.05, 0) is 42.8 Å². The maximum atomic E-state index is 13.8. The van der Waals surface area contributed by atoms with E-state index in [1.54, 1.807) is 48.5 Å². The summed E-state index contributed by atoms with van der Waals surface area (Å²) in [5.74, 6) is -1.06. The summed E-state index contributed by atoms with van der Waals surface area (Å²) in [6.07, 6.45) is 20.4. The molecule has 0 saturated carbocycles. The molecule has 286 valence electrons. The zero-order chi connectivity index (χ0) is 38.1. The van der Waals surface area contributed by atoms with Crippen molar-refractivity contribution in [1.29, 1.82) is 0 Å². The van der Waals surface area contributed by atoms with Crippen LogP contribution in [0.4, 0.5) is 22.7 Å². The van der Waals surface area contributed by atoms with E-state index in [4.69, 9.17) is 0 Å². The molecule has 0 spiro atoms. The summed E-state index contributed by atoms with van der Waals surface area (Å²) < 4.78 is 33.9.